The summed E-state index contributed by atoms with van der Waals surface area (Å²) < 4.78 is 0. The van der Waals surface area contributed by atoms with Crippen LogP contribution in [0.2, 0.25) is 0 Å². The van der Waals surface area contributed by atoms with Crippen LogP contribution in [0.5, 0.6) is 0 Å². The van der Waals surface area contributed by atoms with Crippen molar-refractivity contribution in [3.8, 4) is 0 Å². The van der Waals surface area contributed by atoms with Crippen molar-refractivity contribution in [2.24, 2.45) is 5.73 Å². The number of amides is 2. The van der Waals surface area contributed by atoms with Crippen molar-refractivity contribution in [2.45, 2.75) is 26.3 Å². The summed E-state index contributed by atoms with van der Waals surface area (Å²) >= 11 is 0. The zero-order valence-corrected chi connectivity index (χ0v) is 9.99. The molecule has 0 aliphatic rings. The fraction of sp³-hybridized carbons (Fsp3) is 0.800. The van der Waals surface area contributed by atoms with Crippen LogP contribution in [-0.4, -0.2) is 54.8 Å². The summed E-state index contributed by atoms with van der Waals surface area (Å²) in [5.41, 5.74) is 5.63. The molecule has 88 valence electrons. The Morgan fingerprint density at radius 1 is 1.27 bits per heavy atom. The van der Waals surface area contributed by atoms with Gasteiger partial charge in [0.15, 0.2) is 0 Å². The zero-order valence-electron chi connectivity index (χ0n) is 9.99. The quantitative estimate of drug-likeness (QED) is 0.682. The fourth-order valence-electron chi connectivity index (χ4n) is 1.06. The molecule has 0 bridgehead atoms. The first-order valence-electron chi connectivity index (χ1n) is 5.18. The Hall–Kier alpha value is -1.10. The van der Waals surface area contributed by atoms with E-state index in [0.717, 1.165) is 0 Å². The molecule has 2 amide bonds. The minimum Gasteiger partial charge on any atom is -0.347 e. The first kappa shape index (κ1) is 13.9. The zero-order chi connectivity index (χ0) is 12.0. The SMILES string of the molecule is CC[C@H](N)C(=O)N(CC)CC(=O)N(C)C. The van der Waals surface area contributed by atoms with E-state index in [4.69, 9.17) is 5.73 Å². The normalized spacial score (nSPS) is 12.1. The molecule has 1 atom stereocenters. The lowest BCUT2D eigenvalue weighted by Gasteiger charge is -2.24. The molecule has 0 heterocycles. The predicted molar refractivity (Wildman–Crippen MR) is 59.2 cm³/mol. The minimum absolute atomic E-state index is 0.0893. The average molecular weight is 215 g/mol. The highest BCUT2D eigenvalue weighted by Crippen LogP contribution is 1.97. The summed E-state index contributed by atoms with van der Waals surface area (Å²) in [6.45, 7) is 4.30. The van der Waals surface area contributed by atoms with Gasteiger partial charge in [0.25, 0.3) is 0 Å². The number of likely N-dealkylation sites (N-methyl/N-ethyl adjacent to an activating group) is 2. The fourth-order valence-corrected chi connectivity index (χ4v) is 1.06. The molecule has 0 aliphatic heterocycles. The molecule has 5 nitrogen and oxygen atoms in total. The minimum atomic E-state index is -0.500. The number of rotatable bonds is 5. The van der Waals surface area contributed by atoms with Crippen LogP contribution in [0.3, 0.4) is 0 Å². The van der Waals surface area contributed by atoms with E-state index in [1.54, 1.807) is 14.1 Å². The first-order chi connectivity index (χ1) is 6.93. The maximum Gasteiger partial charge on any atom is 0.241 e. The van der Waals surface area contributed by atoms with Gasteiger partial charge in [0.2, 0.25) is 11.8 Å². The molecule has 0 saturated carbocycles. The standard InChI is InChI=1S/C10H21N3O2/c1-5-8(11)10(15)13(6-2)7-9(14)12(3)4/h8H,5-7,11H2,1-4H3/t8-/m0/s1. The van der Waals surface area contributed by atoms with Gasteiger partial charge >= 0.3 is 0 Å². The summed E-state index contributed by atoms with van der Waals surface area (Å²) in [5.74, 6) is -0.247. The summed E-state index contributed by atoms with van der Waals surface area (Å²) in [5, 5.41) is 0. The largest absolute Gasteiger partial charge is 0.347 e. The highest BCUT2D eigenvalue weighted by molar-refractivity contribution is 5.87. The topological polar surface area (TPSA) is 66.6 Å². The molecule has 0 radical (unpaired) electrons. The molecule has 0 spiro atoms. The number of carbonyl (C=O) groups is 2. The third-order valence-electron chi connectivity index (χ3n) is 2.28. The molecule has 0 aromatic carbocycles. The Labute approximate surface area is 91.2 Å². The van der Waals surface area contributed by atoms with Crippen LogP contribution in [0.1, 0.15) is 20.3 Å². The first-order valence-corrected chi connectivity index (χ1v) is 5.18. The lowest BCUT2D eigenvalue weighted by Crippen LogP contribution is -2.47. The third-order valence-corrected chi connectivity index (χ3v) is 2.28. The maximum atomic E-state index is 11.7. The molecule has 0 fully saturated rings. The smallest absolute Gasteiger partial charge is 0.241 e. The van der Waals surface area contributed by atoms with Gasteiger partial charge in [-0.15, -0.1) is 0 Å². The van der Waals surface area contributed by atoms with Crippen molar-refractivity contribution < 1.29 is 9.59 Å². The lowest BCUT2D eigenvalue weighted by atomic mass is 10.2. The van der Waals surface area contributed by atoms with Crippen LogP contribution in [0.4, 0.5) is 0 Å². The van der Waals surface area contributed by atoms with Gasteiger partial charge in [-0.3, -0.25) is 9.59 Å². The Balaban J connectivity index is 4.37. The predicted octanol–water partition coefficient (Wildman–Crippen LogP) is -0.340. The van der Waals surface area contributed by atoms with Crippen LogP contribution >= 0.6 is 0 Å². The van der Waals surface area contributed by atoms with Gasteiger partial charge in [0.1, 0.15) is 0 Å². The van der Waals surface area contributed by atoms with Crippen molar-refractivity contribution in [3.63, 3.8) is 0 Å². The van der Waals surface area contributed by atoms with E-state index in [0.29, 0.717) is 13.0 Å². The van der Waals surface area contributed by atoms with E-state index in [1.807, 2.05) is 13.8 Å². The van der Waals surface area contributed by atoms with E-state index in [9.17, 15) is 9.59 Å². The molecule has 0 aromatic heterocycles. The van der Waals surface area contributed by atoms with Gasteiger partial charge in [-0.05, 0) is 13.3 Å². The molecule has 0 saturated heterocycles. The van der Waals surface area contributed by atoms with E-state index in [1.165, 1.54) is 9.80 Å². The summed E-state index contributed by atoms with van der Waals surface area (Å²) in [6.07, 6.45) is 0.589. The number of nitrogens with two attached hydrogens (primary N) is 1. The lowest BCUT2D eigenvalue weighted by molar-refractivity contribution is -0.139. The van der Waals surface area contributed by atoms with Gasteiger partial charge in [0, 0.05) is 20.6 Å². The Bertz CT molecular complexity index is 229. The Kier molecular flexibility index (Phi) is 5.93. The second kappa shape index (κ2) is 6.40. The highest BCUT2D eigenvalue weighted by atomic mass is 16.2. The third kappa shape index (κ3) is 4.29. The summed E-state index contributed by atoms with van der Waals surface area (Å²) in [7, 11) is 3.33. The number of nitrogens with zero attached hydrogens (tertiary/aromatic N) is 2. The summed E-state index contributed by atoms with van der Waals surface area (Å²) in [6, 6.07) is -0.500. The van der Waals surface area contributed by atoms with Crippen molar-refractivity contribution in [2.75, 3.05) is 27.2 Å². The molecule has 0 aromatic rings. The van der Waals surface area contributed by atoms with Crippen LogP contribution < -0.4 is 5.73 Å². The van der Waals surface area contributed by atoms with Crippen LogP contribution in [0.15, 0.2) is 0 Å². The van der Waals surface area contributed by atoms with Crippen molar-refractivity contribution >= 4 is 11.8 Å². The van der Waals surface area contributed by atoms with Crippen molar-refractivity contribution in [1.29, 1.82) is 0 Å². The average Bonchev–Trinajstić information content (AvgIpc) is 2.23. The van der Waals surface area contributed by atoms with Gasteiger partial charge in [-0.25, -0.2) is 0 Å². The van der Waals surface area contributed by atoms with Crippen LogP contribution in [0, 0.1) is 0 Å². The highest BCUT2D eigenvalue weighted by Gasteiger charge is 2.20. The molecular formula is C10H21N3O2. The molecule has 2 N–H and O–H groups in total. The number of hydrogen-bond acceptors (Lipinski definition) is 3. The molecule has 0 aliphatic carbocycles. The number of hydrogen-bond donors (Lipinski definition) is 1. The molecule has 0 rings (SSSR count). The van der Waals surface area contributed by atoms with Gasteiger partial charge in [0.05, 0.1) is 12.6 Å². The second-order valence-corrected chi connectivity index (χ2v) is 3.66. The molecule has 5 heteroatoms. The molecule has 0 unspecified atom stereocenters. The molecular weight excluding hydrogens is 194 g/mol. The molecule has 15 heavy (non-hydrogen) atoms. The monoisotopic (exact) mass is 215 g/mol. The van der Waals surface area contributed by atoms with E-state index >= 15 is 0 Å². The second-order valence-electron chi connectivity index (χ2n) is 3.66. The number of carbonyl (C=O) groups excluding carboxylic acids is 2. The van der Waals surface area contributed by atoms with Crippen LogP contribution in [0.25, 0.3) is 0 Å². The maximum absolute atomic E-state index is 11.7. The van der Waals surface area contributed by atoms with Crippen LogP contribution in [-0.2, 0) is 9.59 Å². The van der Waals surface area contributed by atoms with E-state index in [2.05, 4.69) is 0 Å². The Morgan fingerprint density at radius 2 is 1.80 bits per heavy atom. The van der Waals surface area contributed by atoms with Gasteiger partial charge in [-0.2, -0.15) is 0 Å². The van der Waals surface area contributed by atoms with E-state index in [-0.39, 0.29) is 18.4 Å². The van der Waals surface area contributed by atoms with E-state index < -0.39 is 6.04 Å². The Morgan fingerprint density at radius 3 is 2.13 bits per heavy atom. The summed E-state index contributed by atoms with van der Waals surface area (Å²) in [4.78, 5) is 26.1. The van der Waals surface area contributed by atoms with Gasteiger partial charge in [-0.1, -0.05) is 6.92 Å². The van der Waals surface area contributed by atoms with Crippen molar-refractivity contribution in [3.05, 3.63) is 0 Å². The van der Waals surface area contributed by atoms with Gasteiger partial charge < -0.3 is 15.5 Å². The van der Waals surface area contributed by atoms with Crippen molar-refractivity contribution in [1.82, 2.24) is 9.80 Å².